The molecule has 1 aromatic rings. The van der Waals surface area contributed by atoms with Gasteiger partial charge in [0, 0.05) is 11.6 Å². The first-order chi connectivity index (χ1) is 8.86. The summed E-state index contributed by atoms with van der Waals surface area (Å²) < 4.78 is 28.0. The van der Waals surface area contributed by atoms with E-state index in [-0.39, 0.29) is 21.7 Å². The van der Waals surface area contributed by atoms with Gasteiger partial charge in [0.2, 0.25) is 0 Å². The fourth-order valence-electron chi connectivity index (χ4n) is 3.32. The molecule has 4 heteroatoms. The maximum absolute atomic E-state index is 14.1. The third-order valence-corrected chi connectivity index (χ3v) is 5.04. The Morgan fingerprint density at radius 3 is 2.53 bits per heavy atom. The Kier molecular flexibility index (Phi) is 4.31. The van der Waals surface area contributed by atoms with Gasteiger partial charge in [0.1, 0.15) is 11.6 Å². The van der Waals surface area contributed by atoms with Gasteiger partial charge in [-0.25, -0.2) is 8.78 Å². The van der Waals surface area contributed by atoms with Crippen LogP contribution in [0.15, 0.2) is 16.6 Å². The van der Waals surface area contributed by atoms with E-state index in [2.05, 4.69) is 35.1 Å². The van der Waals surface area contributed by atoms with Crippen LogP contribution in [0.1, 0.15) is 44.7 Å². The lowest BCUT2D eigenvalue weighted by Crippen LogP contribution is -2.32. The Morgan fingerprint density at radius 2 is 2.00 bits per heavy atom. The fraction of sp³-hybridized carbons (Fsp3) is 0.600. The van der Waals surface area contributed by atoms with Crippen molar-refractivity contribution in [2.75, 3.05) is 7.05 Å². The second-order valence-electron chi connectivity index (χ2n) is 6.04. The molecule has 2 rings (SSSR count). The van der Waals surface area contributed by atoms with E-state index in [0.717, 1.165) is 19.3 Å². The lowest BCUT2D eigenvalue weighted by Gasteiger charge is -2.34. The molecule has 1 saturated carbocycles. The van der Waals surface area contributed by atoms with Crippen LogP contribution in [0.25, 0.3) is 0 Å². The van der Waals surface area contributed by atoms with Crippen molar-refractivity contribution in [2.45, 2.75) is 39.2 Å². The summed E-state index contributed by atoms with van der Waals surface area (Å²) in [5.74, 6) is -0.435. The Bertz CT molecular complexity index is 473. The Balaban J connectivity index is 2.40. The Hall–Kier alpha value is -0.480. The number of hydrogen-bond donors (Lipinski definition) is 1. The summed E-state index contributed by atoms with van der Waals surface area (Å²) in [7, 11) is 1.82. The molecule has 19 heavy (non-hydrogen) atoms. The van der Waals surface area contributed by atoms with Gasteiger partial charge in [-0.15, -0.1) is 0 Å². The Labute approximate surface area is 121 Å². The normalized spacial score (nSPS) is 23.6. The van der Waals surface area contributed by atoms with Gasteiger partial charge in [0.15, 0.2) is 0 Å². The highest BCUT2D eigenvalue weighted by Crippen LogP contribution is 2.49. The minimum Gasteiger partial charge on any atom is -0.313 e. The molecule has 0 bridgehead atoms. The highest BCUT2D eigenvalue weighted by Gasteiger charge is 2.40. The number of hydrogen-bond acceptors (Lipinski definition) is 1. The maximum atomic E-state index is 14.1. The molecule has 1 nitrogen and oxygen atoms in total. The fourth-order valence-corrected chi connectivity index (χ4v) is 3.64. The molecular formula is C15H20BrF2N. The van der Waals surface area contributed by atoms with E-state index in [0.29, 0.717) is 11.5 Å². The van der Waals surface area contributed by atoms with Crippen LogP contribution >= 0.6 is 15.9 Å². The van der Waals surface area contributed by atoms with Crippen molar-refractivity contribution in [3.8, 4) is 0 Å². The zero-order valence-electron chi connectivity index (χ0n) is 11.6. The van der Waals surface area contributed by atoms with E-state index in [4.69, 9.17) is 0 Å². The summed E-state index contributed by atoms with van der Waals surface area (Å²) in [6, 6.07) is 2.39. The van der Waals surface area contributed by atoms with Crippen molar-refractivity contribution in [2.24, 2.45) is 11.3 Å². The van der Waals surface area contributed by atoms with E-state index >= 15 is 0 Å². The quantitative estimate of drug-likeness (QED) is 0.783. The second-order valence-corrected chi connectivity index (χ2v) is 6.90. The van der Waals surface area contributed by atoms with Crippen molar-refractivity contribution in [3.63, 3.8) is 0 Å². The van der Waals surface area contributed by atoms with Crippen molar-refractivity contribution < 1.29 is 8.78 Å². The first-order valence-electron chi connectivity index (χ1n) is 6.68. The van der Waals surface area contributed by atoms with Crippen LogP contribution in [0.5, 0.6) is 0 Å². The summed E-state index contributed by atoms with van der Waals surface area (Å²) in [6.45, 7) is 4.42. The predicted molar refractivity (Wildman–Crippen MR) is 77.0 cm³/mol. The number of halogens is 3. The molecular weight excluding hydrogens is 312 g/mol. The van der Waals surface area contributed by atoms with Gasteiger partial charge < -0.3 is 5.32 Å². The van der Waals surface area contributed by atoms with Gasteiger partial charge in [-0.2, -0.15) is 0 Å². The van der Waals surface area contributed by atoms with Crippen LogP contribution in [0.4, 0.5) is 8.78 Å². The summed E-state index contributed by atoms with van der Waals surface area (Å²) >= 11 is 3.02. The summed E-state index contributed by atoms with van der Waals surface area (Å²) in [6.07, 6.45) is 3.34. The molecule has 0 aliphatic heterocycles. The van der Waals surface area contributed by atoms with Crippen molar-refractivity contribution in [3.05, 3.63) is 33.8 Å². The zero-order valence-corrected chi connectivity index (χ0v) is 13.2. The second kappa shape index (κ2) is 5.49. The molecule has 1 fully saturated rings. The molecule has 1 aliphatic rings. The Morgan fingerprint density at radius 1 is 1.32 bits per heavy atom. The molecule has 106 valence electrons. The average Bonchev–Trinajstić information content (AvgIpc) is 2.67. The van der Waals surface area contributed by atoms with Crippen molar-refractivity contribution in [1.82, 2.24) is 5.32 Å². The zero-order chi connectivity index (χ0) is 14.2. The molecule has 1 aliphatic carbocycles. The molecule has 0 aromatic heterocycles. The van der Waals surface area contributed by atoms with Gasteiger partial charge in [0.25, 0.3) is 0 Å². The molecule has 0 amide bonds. The van der Waals surface area contributed by atoms with Gasteiger partial charge in [0.05, 0.1) is 4.47 Å². The standard InChI is InChI=1S/C15H20BrF2N/c1-15(2)6-4-5-10(15)14(19-3)9-7-13(18)11(16)8-12(9)17/h7-8,10,14,19H,4-6H2,1-3H3. The largest absolute Gasteiger partial charge is 0.313 e. The first-order valence-corrected chi connectivity index (χ1v) is 7.48. The molecule has 1 aromatic carbocycles. The van der Waals surface area contributed by atoms with E-state index < -0.39 is 5.82 Å². The van der Waals surface area contributed by atoms with E-state index in [1.165, 1.54) is 12.1 Å². The lowest BCUT2D eigenvalue weighted by atomic mass is 9.75. The molecule has 2 unspecified atom stereocenters. The molecule has 0 heterocycles. The first kappa shape index (κ1) is 14.9. The van der Waals surface area contributed by atoms with Gasteiger partial charge in [-0.1, -0.05) is 20.3 Å². The molecule has 2 atom stereocenters. The molecule has 0 radical (unpaired) electrons. The third-order valence-electron chi connectivity index (χ3n) is 4.43. The number of rotatable bonds is 3. The molecule has 0 saturated heterocycles. The number of benzene rings is 1. The van der Waals surface area contributed by atoms with Crippen LogP contribution in [-0.2, 0) is 0 Å². The molecule has 0 spiro atoms. The van der Waals surface area contributed by atoms with E-state index in [1.54, 1.807) is 0 Å². The minimum absolute atomic E-state index is 0.139. The van der Waals surface area contributed by atoms with Gasteiger partial charge in [-0.05, 0) is 59.3 Å². The minimum atomic E-state index is -0.410. The van der Waals surface area contributed by atoms with Crippen LogP contribution < -0.4 is 5.32 Å². The highest BCUT2D eigenvalue weighted by atomic mass is 79.9. The molecule has 1 N–H and O–H groups in total. The van der Waals surface area contributed by atoms with Gasteiger partial charge >= 0.3 is 0 Å². The van der Waals surface area contributed by atoms with Crippen LogP contribution in [-0.4, -0.2) is 7.05 Å². The maximum Gasteiger partial charge on any atom is 0.137 e. The van der Waals surface area contributed by atoms with E-state index in [1.807, 2.05) is 7.05 Å². The van der Waals surface area contributed by atoms with Crippen molar-refractivity contribution in [1.29, 1.82) is 0 Å². The lowest BCUT2D eigenvalue weighted by molar-refractivity contribution is 0.200. The number of nitrogens with one attached hydrogen (secondary N) is 1. The van der Waals surface area contributed by atoms with Gasteiger partial charge in [-0.3, -0.25) is 0 Å². The smallest absolute Gasteiger partial charge is 0.137 e. The highest BCUT2D eigenvalue weighted by molar-refractivity contribution is 9.10. The SMILES string of the molecule is CNC(c1cc(F)c(Br)cc1F)C1CCCC1(C)C. The monoisotopic (exact) mass is 331 g/mol. The van der Waals surface area contributed by atoms with Crippen LogP contribution in [0.3, 0.4) is 0 Å². The van der Waals surface area contributed by atoms with E-state index in [9.17, 15) is 8.78 Å². The summed E-state index contributed by atoms with van der Waals surface area (Å²) in [4.78, 5) is 0. The van der Waals surface area contributed by atoms with Crippen LogP contribution in [0, 0.1) is 23.0 Å². The summed E-state index contributed by atoms with van der Waals surface area (Å²) in [5.41, 5.74) is 0.590. The summed E-state index contributed by atoms with van der Waals surface area (Å²) in [5, 5.41) is 3.18. The average molecular weight is 332 g/mol. The third kappa shape index (κ3) is 2.84. The topological polar surface area (TPSA) is 12.0 Å². The predicted octanol–water partition coefficient (Wildman–Crippen LogP) is 4.81. The van der Waals surface area contributed by atoms with Crippen LogP contribution in [0.2, 0.25) is 0 Å². The van der Waals surface area contributed by atoms with Crippen molar-refractivity contribution >= 4 is 15.9 Å².